The molecule has 3 aromatic rings. The molecule has 0 unspecified atom stereocenters. The molecule has 0 bridgehead atoms. The van der Waals surface area contributed by atoms with Crippen LogP contribution in [0.15, 0.2) is 42.6 Å². The van der Waals surface area contributed by atoms with Gasteiger partial charge in [0.1, 0.15) is 23.2 Å². The maximum absolute atomic E-state index is 13.5. The van der Waals surface area contributed by atoms with E-state index in [0.717, 1.165) is 13.0 Å². The van der Waals surface area contributed by atoms with Crippen molar-refractivity contribution in [3.05, 3.63) is 75.8 Å². The molecule has 0 spiro atoms. The Bertz CT molecular complexity index is 1260. The maximum atomic E-state index is 13.5. The highest BCUT2D eigenvalue weighted by atomic mass is 35.5. The molecule has 1 atom stereocenters. The number of hydrogen-bond acceptors (Lipinski definition) is 4. The van der Waals surface area contributed by atoms with Crippen molar-refractivity contribution in [3.8, 4) is 17.5 Å². The van der Waals surface area contributed by atoms with Gasteiger partial charge in [-0.05, 0) is 37.3 Å². The number of fused-ring (bicyclic) bond motifs is 1. The van der Waals surface area contributed by atoms with E-state index in [1.165, 1.54) is 27.8 Å². The highest BCUT2D eigenvalue weighted by Gasteiger charge is 2.39. The molecule has 1 amide bonds. The molecule has 33 heavy (non-hydrogen) atoms. The van der Waals surface area contributed by atoms with Gasteiger partial charge < -0.3 is 9.64 Å². The minimum atomic E-state index is -4.66. The van der Waals surface area contributed by atoms with Crippen LogP contribution in [0.5, 0.6) is 5.75 Å². The number of benzene rings is 2. The van der Waals surface area contributed by atoms with Crippen molar-refractivity contribution >= 4 is 17.5 Å². The number of halogens is 5. The van der Waals surface area contributed by atoms with Crippen molar-refractivity contribution in [1.82, 2.24) is 14.7 Å². The number of carbonyl (C=O) groups is 1. The number of ether oxygens (including phenoxy) is 1. The second-order valence-electron chi connectivity index (χ2n) is 7.40. The number of alkyl halides is 3. The van der Waals surface area contributed by atoms with Crippen molar-refractivity contribution in [3.63, 3.8) is 0 Å². The van der Waals surface area contributed by atoms with Crippen molar-refractivity contribution in [2.75, 3.05) is 0 Å². The number of hydrogen-bond donors (Lipinski definition) is 0. The number of amides is 1. The second-order valence-corrected chi connectivity index (χ2v) is 7.78. The van der Waals surface area contributed by atoms with Gasteiger partial charge in [0.15, 0.2) is 6.10 Å². The lowest BCUT2D eigenvalue weighted by Crippen LogP contribution is -2.33. The van der Waals surface area contributed by atoms with Crippen LogP contribution in [0.1, 0.15) is 34.1 Å². The van der Waals surface area contributed by atoms with Crippen LogP contribution in [0.3, 0.4) is 0 Å². The lowest BCUT2D eigenvalue weighted by Gasteiger charge is -2.23. The summed E-state index contributed by atoms with van der Waals surface area (Å²) in [7, 11) is 0. The zero-order valence-corrected chi connectivity index (χ0v) is 17.8. The van der Waals surface area contributed by atoms with Crippen LogP contribution in [-0.4, -0.2) is 32.9 Å². The molecule has 0 aliphatic carbocycles. The third-order valence-electron chi connectivity index (χ3n) is 5.14. The van der Waals surface area contributed by atoms with Crippen LogP contribution in [0.2, 0.25) is 5.02 Å². The third-order valence-corrected chi connectivity index (χ3v) is 5.53. The van der Waals surface area contributed by atoms with Gasteiger partial charge in [0.25, 0.3) is 5.91 Å². The van der Waals surface area contributed by atoms with Gasteiger partial charge in [-0.2, -0.15) is 23.5 Å². The lowest BCUT2D eigenvalue weighted by molar-refractivity contribution is -0.189. The molecule has 2 aromatic carbocycles. The van der Waals surface area contributed by atoms with Gasteiger partial charge in [-0.25, -0.2) is 9.07 Å². The predicted octanol–water partition coefficient (Wildman–Crippen LogP) is 5.02. The van der Waals surface area contributed by atoms with E-state index in [2.05, 4.69) is 5.10 Å². The predicted molar refractivity (Wildman–Crippen MR) is 109 cm³/mol. The smallest absolute Gasteiger partial charge is 0.425 e. The normalized spacial score (nSPS) is 14.0. The van der Waals surface area contributed by atoms with Gasteiger partial charge in [0.2, 0.25) is 0 Å². The second kappa shape index (κ2) is 8.41. The molecule has 1 aromatic heterocycles. The first-order chi connectivity index (χ1) is 15.6. The minimum Gasteiger partial charge on any atom is -0.480 e. The summed E-state index contributed by atoms with van der Waals surface area (Å²) >= 11 is 6.20. The van der Waals surface area contributed by atoms with E-state index < -0.39 is 24.0 Å². The van der Waals surface area contributed by atoms with E-state index >= 15 is 0 Å². The Morgan fingerprint density at radius 2 is 2.03 bits per heavy atom. The number of rotatable bonds is 4. The average Bonchev–Trinajstić information content (AvgIpc) is 3.32. The van der Waals surface area contributed by atoms with Crippen LogP contribution < -0.4 is 4.74 Å². The van der Waals surface area contributed by atoms with Crippen molar-refractivity contribution in [2.45, 2.75) is 32.3 Å². The van der Waals surface area contributed by atoms with Gasteiger partial charge in [-0.3, -0.25) is 4.79 Å². The molecule has 0 N–H and O–H groups in total. The first-order valence-electron chi connectivity index (χ1n) is 9.67. The van der Waals surface area contributed by atoms with E-state index in [9.17, 15) is 27.6 Å². The topological polar surface area (TPSA) is 71.2 Å². The van der Waals surface area contributed by atoms with Crippen LogP contribution in [-0.2, 0) is 13.1 Å². The number of nitrogens with zero attached hydrogens (tertiary/aromatic N) is 4. The largest absolute Gasteiger partial charge is 0.480 e. The molecule has 0 saturated carbocycles. The highest BCUT2D eigenvalue weighted by molar-refractivity contribution is 6.35. The SMILES string of the molecule is C[C@H](Oc1ccc(C#N)c(Cl)c1C(=O)N1Cc2cn(-c3cccc(F)c3)nc2C1)C(F)(F)F. The molecule has 11 heteroatoms. The molecule has 2 heterocycles. The summed E-state index contributed by atoms with van der Waals surface area (Å²) in [4.78, 5) is 14.6. The number of nitriles is 1. The number of aromatic nitrogens is 2. The summed E-state index contributed by atoms with van der Waals surface area (Å²) in [6.45, 7) is 0.962. The summed E-state index contributed by atoms with van der Waals surface area (Å²) < 4.78 is 59.0. The molecular weight excluding hydrogens is 464 g/mol. The fraction of sp³-hybridized carbons (Fsp3) is 0.227. The summed E-state index contributed by atoms with van der Waals surface area (Å²) in [5, 5.41) is 13.3. The van der Waals surface area contributed by atoms with Crippen LogP contribution in [0.4, 0.5) is 17.6 Å². The fourth-order valence-corrected chi connectivity index (χ4v) is 3.68. The Labute approximate surface area is 190 Å². The zero-order chi connectivity index (χ0) is 23.9. The van der Waals surface area contributed by atoms with Gasteiger partial charge in [0, 0.05) is 18.3 Å². The van der Waals surface area contributed by atoms with Gasteiger partial charge in [-0.1, -0.05) is 17.7 Å². The monoisotopic (exact) mass is 478 g/mol. The van der Waals surface area contributed by atoms with E-state index in [4.69, 9.17) is 16.3 Å². The summed E-state index contributed by atoms with van der Waals surface area (Å²) in [5.74, 6) is -1.49. The lowest BCUT2D eigenvalue weighted by atomic mass is 10.1. The van der Waals surface area contributed by atoms with Crippen LogP contribution in [0, 0.1) is 17.1 Å². The molecule has 1 aliphatic heterocycles. The summed E-state index contributed by atoms with van der Waals surface area (Å²) in [6, 6.07) is 9.96. The molecule has 6 nitrogen and oxygen atoms in total. The summed E-state index contributed by atoms with van der Waals surface area (Å²) in [5.41, 5.74) is 1.34. The van der Waals surface area contributed by atoms with Gasteiger partial charge in [-0.15, -0.1) is 0 Å². The van der Waals surface area contributed by atoms with Crippen LogP contribution >= 0.6 is 11.6 Å². The van der Waals surface area contributed by atoms with Gasteiger partial charge in [0.05, 0.1) is 28.5 Å². The number of carbonyl (C=O) groups excluding carboxylic acids is 1. The van der Waals surface area contributed by atoms with E-state index in [1.807, 2.05) is 6.07 Å². The van der Waals surface area contributed by atoms with Crippen molar-refractivity contribution < 1.29 is 27.1 Å². The fourth-order valence-electron chi connectivity index (χ4n) is 3.40. The minimum absolute atomic E-state index is 0.0534. The molecule has 1 aliphatic rings. The standard InChI is InChI=1S/C22H15ClF4N4O2/c1-12(22(25,26)27)33-18-6-5-13(8-28)20(23)19(18)21(32)30-9-14-10-31(29-17(14)11-30)16-4-2-3-15(24)7-16/h2-7,10,12H,9,11H2,1H3/t12-/m0/s1. The third kappa shape index (κ3) is 4.36. The Hall–Kier alpha value is -3.58. The van der Waals surface area contributed by atoms with E-state index in [-0.39, 0.29) is 35.0 Å². The molecule has 170 valence electrons. The highest BCUT2D eigenvalue weighted by Crippen LogP contribution is 2.36. The first kappa shape index (κ1) is 22.6. The quantitative estimate of drug-likeness (QED) is 0.494. The van der Waals surface area contributed by atoms with Crippen LogP contribution in [0.25, 0.3) is 5.69 Å². The van der Waals surface area contributed by atoms with Crippen molar-refractivity contribution in [2.24, 2.45) is 0 Å². The first-order valence-corrected chi connectivity index (χ1v) is 10.0. The van der Waals surface area contributed by atoms with Gasteiger partial charge >= 0.3 is 6.18 Å². The Balaban J connectivity index is 1.62. The zero-order valence-electron chi connectivity index (χ0n) is 17.0. The maximum Gasteiger partial charge on any atom is 0.425 e. The molecule has 0 radical (unpaired) electrons. The summed E-state index contributed by atoms with van der Waals surface area (Å²) in [6.07, 6.45) is -5.21. The molecule has 0 fully saturated rings. The molecule has 4 rings (SSSR count). The van der Waals surface area contributed by atoms with E-state index in [0.29, 0.717) is 16.9 Å². The molecule has 0 saturated heterocycles. The van der Waals surface area contributed by atoms with E-state index in [1.54, 1.807) is 18.3 Å². The Morgan fingerprint density at radius 1 is 1.27 bits per heavy atom. The Kier molecular flexibility index (Phi) is 5.76. The molecular formula is C22H15ClF4N4O2. The Morgan fingerprint density at radius 3 is 2.67 bits per heavy atom. The van der Waals surface area contributed by atoms with Crippen molar-refractivity contribution in [1.29, 1.82) is 5.26 Å². The average molecular weight is 479 g/mol.